The van der Waals surface area contributed by atoms with Gasteiger partial charge in [-0.3, -0.25) is 19.0 Å². The standard InChI is InChI=1S/C18H22BrIN8O3/c1-9-15(19)11(3)27(24-9)7-13-23-18(31-26-13)17(30)22-6-5-21-14(29)8-28-12(4)16(20)10(2)25-28/h5-8H2,1-4H3,(H,21,29)(H,22,30). The van der Waals surface area contributed by atoms with Gasteiger partial charge in [-0.1, -0.05) is 5.16 Å². The molecule has 0 atom stereocenters. The quantitative estimate of drug-likeness (QED) is 0.295. The van der Waals surface area contributed by atoms with Crippen molar-refractivity contribution in [3.8, 4) is 0 Å². The van der Waals surface area contributed by atoms with Crippen molar-refractivity contribution in [3.05, 3.63) is 42.5 Å². The fourth-order valence-electron chi connectivity index (χ4n) is 2.85. The summed E-state index contributed by atoms with van der Waals surface area (Å²) in [4.78, 5) is 28.4. The smallest absolute Gasteiger partial charge is 0.316 e. The van der Waals surface area contributed by atoms with E-state index in [1.165, 1.54) is 0 Å². The van der Waals surface area contributed by atoms with Crippen LogP contribution >= 0.6 is 38.5 Å². The highest BCUT2D eigenvalue weighted by atomic mass is 127. The molecule has 0 spiro atoms. The Morgan fingerprint density at radius 1 is 1.03 bits per heavy atom. The molecule has 0 aliphatic heterocycles. The minimum absolute atomic E-state index is 0.124. The Morgan fingerprint density at radius 2 is 1.71 bits per heavy atom. The SMILES string of the molecule is Cc1nn(Cc2noc(C(=O)NCCNC(=O)Cn3nc(C)c(I)c3C)n2)c(C)c1Br. The van der Waals surface area contributed by atoms with E-state index in [0.29, 0.717) is 5.82 Å². The molecule has 0 saturated carbocycles. The minimum atomic E-state index is -0.504. The summed E-state index contributed by atoms with van der Waals surface area (Å²) >= 11 is 5.67. The Morgan fingerprint density at radius 3 is 2.32 bits per heavy atom. The first-order valence-corrected chi connectivity index (χ1v) is 11.3. The topological polar surface area (TPSA) is 133 Å². The van der Waals surface area contributed by atoms with Crippen molar-refractivity contribution in [1.82, 2.24) is 40.3 Å². The lowest BCUT2D eigenvalue weighted by atomic mass is 10.4. The molecule has 11 nitrogen and oxygen atoms in total. The average Bonchev–Trinajstić information content (AvgIpc) is 3.36. The molecule has 0 aliphatic carbocycles. The van der Waals surface area contributed by atoms with Crippen molar-refractivity contribution in [3.63, 3.8) is 0 Å². The van der Waals surface area contributed by atoms with Gasteiger partial charge < -0.3 is 15.2 Å². The van der Waals surface area contributed by atoms with Crippen molar-refractivity contribution in [2.24, 2.45) is 0 Å². The second kappa shape index (κ2) is 9.89. The molecule has 2 N–H and O–H groups in total. The maximum absolute atomic E-state index is 12.2. The van der Waals surface area contributed by atoms with Gasteiger partial charge in [0.15, 0.2) is 5.82 Å². The highest BCUT2D eigenvalue weighted by Crippen LogP contribution is 2.20. The number of amides is 2. The summed E-state index contributed by atoms with van der Waals surface area (Å²) < 4.78 is 10.4. The van der Waals surface area contributed by atoms with Gasteiger partial charge in [0.25, 0.3) is 0 Å². The maximum atomic E-state index is 12.2. The van der Waals surface area contributed by atoms with Crippen LogP contribution in [0.1, 0.15) is 39.3 Å². The lowest BCUT2D eigenvalue weighted by Crippen LogP contribution is -2.36. The molecular weight excluding hydrogens is 583 g/mol. The normalized spacial score (nSPS) is 11.0. The fourth-order valence-corrected chi connectivity index (χ4v) is 3.52. The number of aromatic nitrogens is 6. The molecule has 0 aliphatic rings. The van der Waals surface area contributed by atoms with E-state index in [9.17, 15) is 9.59 Å². The number of nitrogens with zero attached hydrogens (tertiary/aromatic N) is 6. The van der Waals surface area contributed by atoms with Crippen LogP contribution in [0.15, 0.2) is 9.00 Å². The van der Waals surface area contributed by atoms with Gasteiger partial charge >= 0.3 is 11.8 Å². The van der Waals surface area contributed by atoms with E-state index < -0.39 is 5.91 Å². The van der Waals surface area contributed by atoms with Crippen LogP contribution in [-0.2, 0) is 17.9 Å². The first kappa shape index (κ1) is 23.4. The van der Waals surface area contributed by atoms with Crippen LogP contribution in [0.25, 0.3) is 0 Å². The molecule has 0 radical (unpaired) electrons. The zero-order chi connectivity index (χ0) is 22.7. The first-order valence-electron chi connectivity index (χ1n) is 9.43. The minimum Gasteiger partial charge on any atom is -0.353 e. The summed E-state index contributed by atoms with van der Waals surface area (Å²) in [6.45, 7) is 8.53. The van der Waals surface area contributed by atoms with Crippen LogP contribution in [-0.4, -0.2) is 54.6 Å². The molecule has 0 bridgehead atoms. The Bertz CT molecular complexity index is 1120. The van der Waals surface area contributed by atoms with E-state index in [2.05, 4.69) is 69.5 Å². The molecule has 166 valence electrons. The highest BCUT2D eigenvalue weighted by Gasteiger charge is 2.17. The Hall–Kier alpha value is -2.29. The molecule has 0 aromatic carbocycles. The third kappa shape index (κ3) is 5.50. The van der Waals surface area contributed by atoms with E-state index in [0.717, 1.165) is 30.8 Å². The monoisotopic (exact) mass is 604 g/mol. The number of halogens is 2. The van der Waals surface area contributed by atoms with E-state index in [1.54, 1.807) is 9.36 Å². The predicted molar refractivity (Wildman–Crippen MR) is 123 cm³/mol. The van der Waals surface area contributed by atoms with Gasteiger partial charge in [0.2, 0.25) is 5.91 Å². The number of hydrogen-bond donors (Lipinski definition) is 2. The summed E-state index contributed by atoms with van der Waals surface area (Å²) in [6.07, 6.45) is 0. The number of nitrogens with one attached hydrogen (secondary N) is 2. The summed E-state index contributed by atoms with van der Waals surface area (Å²) in [6, 6.07) is 0. The molecule has 31 heavy (non-hydrogen) atoms. The van der Waals surface area contributed by atoms with Crippen molar-refractivity contribution in [1.29, 1.82) is 0 Å². The number of rotatable bonds is 8. The molecule has 3 heterocycles. The number of aryl methyl sites for hydroxylation is 2. The van der Waals surface area contributed by atoms with Gasteiger partial charge in [-0.05, 0) is 66.2 Å². The van der Waals surface area contributed by atoms with Crippen molar-refractivity contribution < 1.29 is 14.1 Å². The molecule has 3 rings (SSSR count). The molecule has 0 fully saturated rings. The van der Waals surface area contributed by atoms with Gasteiger partial charge in [0.1, 0.15) is 13.1 Å². The zero-order valence-corrected chi connectivity index (χ0v) is 21.2. The largest absolute Gasteiger partial charge is 0.353 e. The van der Waals surface area contributed by atoms with E-state index in [4.69, 9.17) is 4.52 Å². The van der Waals surface area contributed by atoms with Gasteiger partial charge in [-0.25, -0.2) is 0 Å². The van der Waals surface area contributed by atoms with Crippen LogP contribution in [0, 0.1) is 31.3 Å². The second-order valence-electron chi connectivity index (χ2n) is 6.91. The fraction of sp³-hybridized carbons (Fsp3) is 0.444. The van der Waals surface area contributed by atoms with E-state index in [1.807, 2.05) is 27.7 Å². The third-order valence-electron chi connectivity index (χ3n) is 4.57. The van der Waals surface area contributed by atoms with Crippen LogP contribution in [0.5, 0.6) is 0 Å². The van der Waals surface area contributed by atoms with Gasteiger partial charge in [-0.15, -0.1) is 0 Å². The second-order valence-corrected chi connectivity index (χ2v) is 8.78. The molecule has 2 amide bonds. The molecule has 0 saturated heterocycles. The number of carbonyl (C=O) groups excluding carboxylic acids is 2. The summed E-state index contributed by atoms with van der Waals surface area (Å²) in [5.41, 5.74) is 3.62. The number of carbonyl (C=O) groups is 2. The van der Waals surface area contributed by atoms with E-state index in [-0.39, 0.29) is 38.0 Å². The van der Waals surface area contributed by atoms with Gasteiger partial charge in [0, 0.05) is 18.8 Å². The van der Waals surface area contributed by atoms with Crippen LogP contribution < -0.4 is 10.6 Å². The Kier molecular flexibility index (Phi) is 7.46. The Balaban J connectivity index is 1.44. The summed E-state index contributed by atoms with van der Waals surface area (Å²) in [7, 11) is 0. The lowest BCUT2D eigenvalue weighted by molar-refractivity contribution is -0.121. The van der Waals surface area contributed by atoms with Gasteiger partial charge in [-0.2, -0.15) is 15.2 Å². The number of hydrogen-bond acceptors (Lipinski definition) is 7. The predicted octanol–water partition coefficient (Wildman–Crippen LogP) is 1.66. The van der Waals surface area contributed by atoms with E-state index >= 15 is 0 Å². The lowest BCUT2D eigenvalue weighted by Gasteiger charge is -2.07. The average molecular weight is 605 g/mol. The van der Waals surface area contributed by atoms with Crippen molar-refractivity contribution in [2.75, 3.05) is 13.1 Å². The molecular formula is C18H22BrIN8O3. The van der Waals surface area contributed by atoms with Crippen LogP contribution in [0.4, 0.5) is 0 Å². The molecule has 3 aromatic rings. The van der Waals surface area contributed by atoms with Crippen LogP contribution in [0.3, 0.4) is 0 Å². The van der Waals surface area contributed by atoms with Crippen molar-refractivity contribution >= 4 is 50.3 Å². The third-order valence-corrected chi connectivity index (χ3v) is 7.27. The summed E-state index contributed by atoms with van der Waals surface area (Å²) in [5, 5.41) is 17.9. The van der Waals surface area contributed by atoms with Gasteiger partial charge in [0.05, 0.1) is 25.1 Å². The first-order chi connectivity index (χ1) is 14.7. The molecule has 13 heteroatoms. The molecule has 3 aromatic heterocycles. The maximum Gasteiger partial charge on any atom is 0.316 e. The van der Waals surface area contributed by atoms with Crippen molar-refractivity contribution in [2.45, 2.75) is 40.8 Å². The van der Waals surface area contributed by atoms with Crippen LogP contribution in [0.2, 0.25) is 0 Å². The Labute approximate surface area is 200 Å². The highest BCUT2D eigenvalue weighted by molar-refractivity contribution is 14.1. The molecule has 0 unspecified atom stereocenters. The zero-order valence-electron chi connectivity index (χ0n) is 17.5. The summed E-state index contributed by atoms with van der Waals surface area (Å²) in [5.74, 6) is -0.488.